The Kier molecular flexibility index (Phi) is 5.09. The van der Waals surface area contributed by atoms with E-state index in [1.54, 1.807) is 0 Å². The Morgan fingerprint density at radius 3 is 2.00 bits per heavy atom. The van der Waals surface area contributed by atoms with Gasteiger partial charge in [0.05, 0.1) is 11.1 Å². The minimum absolute atomic E-state index is 0.0945. The Balaban J connectivity index is 1.82. The van der Waals surface area contributed by atoms with Crippen LogP contribution in [0.15, 0.2) is 42.5 Å². The van der Waals surface area contributed by atoms with E-state index in [2.05, 4.69) is 39.8 Å². The van der Waals surface area contributed by atoms with Crippen molar-refractivity contribution in [2.24, 2.45) is 0 Å². The maximum atomic E-state index is 12.5. The van der Waals surface area contributed by atoms with Crippen LogP contribution in [0.1, 0.15) is 91.0 Å². The molecule has 0 aliphatic heterocycles. The summed E-state index contributed by atoms with van der Waals surface area (Å²) in [6.45, 7) is 11.0. The lowest BCUT2D eigenvalue weighted by atomic mass is 9.63. The SMILES string of the molecule is C[C@@H](OC(=O)c1ccc(C(=O)O)cc1)c1ccc2c(c1)C(C)(C)CCC2(C)C. The lowest BCUT2D eigenvalue weighted by molar-refractivity contribution is 0.0337. The third-order valence-corrected chi connectivity index (χ3v) is 6.00. The highest BCUT2D eigenvalue weighted by molar-refractivity contribution is 5.92. The number of hydrogen-bond acceptors (Lipinski definition) is 3. The van der Waals surface area contributed by atoms with Crippen LogP contribution < -0.4 is 0 Å². The summed E-state index contributed by atoms with van der Waals surface area (Å²) in [4.78, 5) is 23.4. The van der Waals surface area contributed by atoms with Gasteiger partial charge in [-0.1, -0.05) is 45.9 Å². The first-order chi connectivity index (χ1) is 13.0. The molecule has 1 N–H and O–H groups in total. The summed E-state index contributed by atoms with van der Waals surface area (Å²) >= 11 is 0. The van der Waals surface area contributed by atoms with E-state index in [4.69, 9.17) is 9.84 Å². The number of fused-ring (bicyclic) bond motifs is 1. The highest BCUT2D eigenvalue weighted by atomic mass is 16.5. The average Bonchev–Trinajstić information content (AvgIpc) is 2.65. The molecule has 0 bridgehead atoms. The van der Waals surface area contributed by atoms with Crippen LogP contribution in [0, 0.1) is 0 Å². The van der Waals surface area contributed by atoms with Gasteiger partial charge >= 0.3 is 11.9 Å². The van der Waals surface area contributed by atoms with Crippen molar-refractivity contribution in [3.63, 3.8) is 0 Å². The summed E-state index contributed by atoms with van der Waals surface area (Å²) < 4.78 is 5.65. The Morgan fingerprint density at radius 1 is 0.893 bits per heavy atom. The summed E-state index contributed by atoms with van der Waals surface area (Å²) in [5, 5.41) is 8.97. The second kappa shape index (κ2) is 7.08. The van der Waals surface area contributed by atoms with Crippen molar-refractivity contribution in [1.82, 2.24) is 0 Å². The van der Waals surface area contributed by atoms with Crippen LogP contribution in [-0.2, 0) is 15.6 Å². The quantitative estimate of drug-likeness (QED) is 0.696. The smallest absolute Gasteiger partial charge is 0.338 e. The molecule has 148 valence electrons. The molecule has 0 unspecified atom stereocenters. The van der Waals surface area contributed by atoms with Gasteiger partial charge in [-0.25, -0.2) is 9.59 Å². The van der Waals surface area contributed by atoms with E-state index < -0.39 is 18.0 Å². The van der Waals surface area contributed by atoms with Crippen molar-refractivity contribution < 1.29 is 19.4 Å². The van der Waals surface area contributed by atoms with Crippen LogP contribution >= 0.6 is 0 Å². The van der Waals surface area contributed by atoms with Crippen molar-refractivity contribution in [2.75, 3.05) is 0 Å². The van der Waals surface area contributed by atoms with Gasteiger partial charge in [0.25, 0.3) is 0 Å². The van der Waals surface area contributed by atoms with Crippen LogP contribution in [0.4, 0.5) is 0 Å². The average molecular weight is 380 g/mol. The Morgan fingerprint density at radius 2 is 1.43 bits per heavy atom. The van der Waals surface area contributed by atoms with E-state index in [1.807, 2.05) is 13.0 Å². The number of benzene rings is 2. The number of aromatic carboxylic acids is 1. The zero-order valence-corrected chi connectivity index (χ0v) is 17.2. The maximum Gasteiger partial charge on any atom is 0.338 e. The molecule has 28 heavy (non-hydrogen) atoms. The van der Waals surface area contributed by atoms with E-state index >= 15 is 0 Å². The van der Waals surface area contributed by atoms with Crippen molar-refractivity contribution >= 4 is 11.9 Å². The highest BCUT2D eigenvalue weighted by Crippen LogP contribution is 2.46. The van der Waals surface area contributed by atoms with Crippen molar-refractivity contribution in [2.45, 2.75) is 64.4 Å². The topological polar surface area (TPSA) is 63.6 Å². The van der Waals surface area contributed by atoms with Gasteiger partial charge < -0.3 is 9.84 Å². The van der Waals surface area contributed by atoms with Gasteiger partial charge in [-0.3, -0.25) is 0 Å². The van der Waals surface area contributed by atoms with E-state index in [1.165, 1.54) is 35.4 Å². The highest BCUT2D eigenvalue weighted by Gasteiger charge is 2.37. The first-order valence-corrected chi connectivity index (χ1v) is 9.70. The summed E-state index contributed by atoms with van der Waals surface area (Å²) in [6.07, 6.45) is 1.89. The minimum Gasteiger partial charge on any atom is -0.478 e. The van der Waals surface area contributed by atoms with Gasteiger partial charge in [-0.2, -0.15) is 0 Å². The molecule has 0 fully saturated rings. The first kappa shape index (κ1) is 20.1. The summed E-state index contributed by atoms with van der Waals surface area (Å²) in [5.41, 5.74) is 4.40. The minimum atomic E-state index is -1.02. The molecule has 0 spiro atoms. The number of esters is 1. The maximum absolute atomic E-state index is 12.5. The number of hydrogen-bond donors (Lipinski definition) is 1. The molecule has 1 atom stereocenters. The number of carboxylic acids is 1. The van der Waals surface area contributed by atoms with Crippen molar-refractivity contribution in [3.8, 4) is 0 Å². The molecule has 4 heteroatoms. The molecule has 2 aromatic carbocycles. The van der Waals surface area contributed by atoms with E-state index in [0.717, 1.165) is 18.4 Å². The standard InChI is InChI=1S/C24H28O4/c1-15(28-22(27)17-8-6-16(7-9-17)21(25)26)18-10-11-19-20(14-18)24(4,5)13-12-23(19,2)3/h6-11,14-15H,12-13H2,1-5H3,(H,25,26)/t15-/m1/s1. The Labute approximate surface area is 166 Å². The lowest BCUT2D eigenvalue weighted by Crippen LogP contribution is -2.34. The monoisotopic (exact) mass is 380 g/mol. The lowest BCUT2D eigenvalue weighted by Gasteiger charge is -2.42. The number of carboxylic acid groups (broad SMARTS) is 1. The van der Waals surface area contributed by atoms with Gasteiger partial charge in [0, 0.05) is 0 Å². The summed E-state index contributed by atoms with van der Waals surface area (Å²) in [5.74, 6) is -1.48. The molecule has 1 aliphatic carbocycles. The van der Waals surface area contributed by atoms with E-state index in [-0.39, 0.29) is 16.4 Å². The summed E-state index contributed by atoms with van der Waals surface area (Å²) in [6, 6.07) is 12.2. The van der Waals surface area contributed by atoms with Crippen LogP contribution in [0.2, 0.25) is 0 Å². The largest absolute Gasteiger partial charge is 0.478 e. The molecular weight excluding hydrogens is 352 g/mol. The molecule has 0 saturated carbocycles. The molecule has 4 nitrogen and oxygen atoms in total. The van der Waals surface area contributed by atoms with Gasteiger partial charge in [0.2, 0.25) is 0 Å². The third-order valence-electron chi connectivity index (χ3n) is 6.00. The molecule has 0 saturated heterocycles. The molecule has 0 radical (unpaired) electrons. The predicted octanol–water partition coefficient (Wildman–Crippen LogP) is 5.65. The predicted molar refractivity (Wildman–Crippen MR) is 109 cm³/mol. The molecule has 0 heterocycles. The van der Waals surface area contributed by atoms with Gasteiger partial charge in [-0.05, 0) is 71.6 Å². The molecule has 0 aromatic heterocycles. The van der Waals surface area contributed by atoms with Crippen molar-refractivity contribution in [3.05, 3.63) is 70.3 Å². The Hall–Kier alpha value is -2.62. The van der Waals surface area contributed by atoms with Crippen LogP contribution in [0.5, 0.6) is 0 Å². The second-order valence-corrected chi connectivity index (χ2v) is 9.00. The molecular formula is C24H28O4. The van der Waals surface area contributed by atoms with Crippen LogP contribution in [0.25, 0.3) is 0 Å². The van der Waals surface area contributed by atoms with Gasteiger partial charge in [0.1, 0.15) is 6.10 Å². The zero-order valence-electron chi connectivity index (χ0n) is 17.2. The fourth-order valence-electron chi connectivity index (χ4n) is 3.90. The number of carbonyl (C=O) groups is 2. The first-order valence-electron chi connectivity index (χ1n) is 9.70. The van der Waals surface area contributed by atoms with Crippen molar-refractivity contribution in [1.29, 1.82) is 0 Å². The van der Waals surface area contributed by atoms with Crippen LogP contribution in [-0.4, -0.2) is 17.0 Å². The van der Waals surface area contributed by atoms with E-state index in [0.29, 0.717) is 5.56 Å². The zero-order chi connectivity index (χ0) is 20.7. The molecule has 3 rings (SSSR count). The molecule has 1 aliphatic rings. The van der Waals surface area contributed by atoms with Gasteiger partial charge in [0.15, 0.2) is 0 Å². The number of ether oxygens (including phenoxy) is 1. The Bertz CT molecular complexity index is 907. The van der Waals surface area contributed by atoms with Crippen LogP contribution in [0.3, 0.4) is 0 Å². The second-order valence-electron chi connectivity index (χ2n) is 9.00. The number of rotatable bonds is 4. The number of carbonyl (C=O) groups excluding carboxylic acids is 1. The fourth-order valence-corrected chi connectivity index (χ4v) is 3.90. The van der Waals surface area contributed by atoms with E-state index in [9.17, 15) is 9.59 Å². The summed E-state index contributed by atoms with van der Waals surface area (Å²) in [7, 11) is 0. The normalized spacial score (nSPS) is 18.0. The molecule has 2 aromatic rings. The fraction of sp³-hybridized carbons (Fsp3) is 0.417. The third kappa shape index (κ3) is 3.82. The molecule has 0 amide bonds. The van der Waals surface area contributed by atoms with Gasteiger partial charge in [-0.15, -0.1) is 0 Å².